The molecule has 172 valence electrons. The number of nitrogens with one attached hydrogen (secondary N) is 2. The first-order chi connectivity index (χ1) is 15.6. The van der Waals surface area contributed by atoms with Gasteiger partial charge in [0.25, 0.3) is 15.9 Å². The van der Waals surface area contributed by atoms with Crippen molar-refractivity contribution in [1.82, 2.24) is 0 Å². The smallest absolute Gasteiger partial charge is 0.338 e. The summed E-state index contributed by atoms with van der Waals surface area (Å²) in [4.78, 5) is 24.3. The van der Waals surface area contributed by atoms with Crippen molar-refractivity contribution in [1.29, 1.82) is 0 Å². The number of rotatable bonds is 7. The Morgan fingerprint density at radius 3 is 2.15 bits per heavy atom. The van der Waals surface area contributed by atoms with Gasteiger partial charge >= 0.3 is 5.97 Å². The standard InChI is InChI=1S/C23H20F2N2O5S/c1-14-20(25)4-3-5-21(14)33(30,31)27-19-10-6-16(7-11-19)23(29)32-15(2)22(28)26-18-12-8-17(24)9-13-18/h3-13,15,27H,1-2H3,(H,26,28). The summed E-state index contributed by atoms with van der Waals surface area (Å²) in [6.45, 7) is 2.73. The van der Waals surface area contributed by atoms with Gasteiger partial charge in [-0.2, -0.15) is 0 Å². The predicted octanol–water partition coefficient (Wildman–Crippen LogP) is 4.26. The third kappa shape index (κ3) is 5.92. The fourth-order valence-electron chi connectivity index (χ4n) is 2.82. The lowest BCUT2D eigenvalue weighted by Gasteiger charge is -2.14. The van der Waals surface area contributed by atoms with Crippen LogP contribution in [0.2, 0.25) is 0 Å². The number of hydrogen-bond acceptors (Lipinski definition) is 5. The number of carbonyl (C=O) groups excluding carboxylic acids is 2. The van der Waals surface area contributed by atoms with Crippen LogP contribution in [0.1, 0.15) is 22.8 Å². The number of ether oxygens (including phenoxy) is 1. The van der Waals surface area contributed by atoms with Gasteiger partial charge in [0.2, 0.25) is 0 Å². The molecule has 2 N–H and O–H groups in total. The second-order valence-corrected chi connectivity index (χ2v) is 8.74. The lowest BCUT2D eigenvalue weighted by atomic mass is 10.2. The fraction of sp³-hybridized carbons (Fsp3) is 0.130. The highest BCUT2D eigenvalue weighted by Gasteiger charge is 2.21. The highest BCUT2D eigenvalue weighted by atomic mass is 32.2. The average Bonchev–Trinajstić information content (AvgIpc) is 2.77. The largest absolute Gasteiger partial charge is 0.449 e. The van der Waals surface area contributed by atoms with Gasteiger partial charge in [0, 0.05) is 16.9 Å². The van der Waals surface area contributed by atoms with Crippen molar-refractivity contribution in [2.24, 2.45) is 0 Å². The van der Waals surface area contributed by atoms with Crippen LogP contribution < -0.4 is 10.0 Å². The first kappa shape index (κ1) is 23.9. The van der Waals surface area contributed by atoms with Gasteiger partial charge in [-0.15, -0.1) is 0 Å². The minimum Gasteiger partial charge on any atom is -0.449 e. The Morgan fingerprint density at radius 2 is 1.52 bits per heavy atom. The summed E-state index contributed by atoms with van der Waals surface area (Å²) in [5, 5.41) is 2.50. The molecule has 0 spiro atoms. The Labute approximate surface area is 189 Å². The summed E-state index contributed by atoms with van der Waals surface area (Å²) in [5.74, 6) is -2.50. The molecular formula is C23H20F2N2O5S. The van der Waals surface area contributed by atoms with Gasteiger partial charge in [0.15, 0.2) is 6.10 Å². The molecule has 0 aromatic heterocycles. The topological polar surface area (TPSA) is 102 Å². The van der Waals surface area contributed by atoms with E-state index >= 15 is 0 Å². The molecule has 10 heteroatoms. The van der Waals surface area contributed by atoms with Crippen LogP contribution in [-0.4, -0.2) is 26.4 Å². The van der Waals surface area contributed by atoms with Crippen LogP contribution in [0.25, 0.3) is 0 Å². The predicted molar refractivity (Wildman–Crippen MR) is 118 cm³/mol. The van der Waals surface area contributed by atoms with Gasteiger partial charge in [-0.3, -0.25) is 9.52 Å². The van der Waals surface area contributed by atoms with Gasteiger partial charge < -0.3 is 10.1 Å². The summed E-state index contributed by atoms with van der Waals surface area (Å²) in [6, 6.07) is 14.2. The van der Waals surface area contributed by atoms with Gasteiger partial charge in [-0.1, -0.05) is 6.07 Å². The normalized spacial score (nSPS) is 12.0. The number of amides is 1. The molecule has 1 amide bonds. The number of hydrogen-bond donors (Lipinski definition) is 2. The lowest BCUT2D eigenvalue weighted by molar-refractivity contribution is -0.123. The van der Waals surface area contributed by atoms with E-state index in [4.69, 9.17) is 4.74 Å². The van der Waals surface area contributed by atoms with Crippen LogP contribution in [0.3, 0.4) is 0 Å². The number of benzene rings is 3. The molecule has 3 aromatic rings. The van der Waals surface area contributed by atoms with Crippen LogP contribution in [0, 0.1) is 18.6 Å². The second kappa shape index (κ2) is 9.78. The van der Waals surface area contributed by atoms with Crippen LogP contribution in [0.4, 0.5) is 20.2 Å². The van der Waals surface area contributed by atoms with Crippen LogP contribution in [0.5, 0.6) is 0 Å². The van der Waals surface area contributed by atoms with Gasteiger partial charge in [0.05, 0.1) is 10.5 Å². The number of anilines is 2. The molecule has 0 bridgehead atoms. The summed E-state index contributed by atoms with van der Waals surface area (Å²) in [7, 11) is -4.04. The molecule has 0 aliphatic heterocycles. The zero-order valence-electron chi connectivity index (χ0n) is 17.6. The van der Waals surface area contributed by atoms with Crippen molar-refractivity contribution in [2.75, 3.05) is 10.0 Å². The molecule has 0 fully saturated rings. The van der Waals surface area contributed by atoms with E-state index < -0.39 is 39.6 Å². The van der Waals surface area contributed by atoms with Gasteiger partial charge in [-0.25, -0.2) is 22.0 Å². The molecule has 33 heavy (non-hydrogen) atoms. The third-order valence-corrected chi connectivity index (χ3v) is 6.17. The molecule has 0 saturated heterocycles. The molecular weight excluding hydrogens is 454 g/mol. The summed E-state index contributed by atoms with van der Waals surface area (Å²) in [6.07, 6.45) is -1.14. The van der Waals surface area contributed by atoms with Crippen molar-refractivity contribution < 1.29 is 31.5 Å². The maximum Gasteiger partial charge on any atom is 0.338 e. The molecule has 3 aromatic carbocycles. The van der Waals surface area contributed by atoms with Crippen LogP contribution in [-0.2, 0) is 19.6 Å². The van der Waals surface area contributed by atoms with Crippen LogP contribution >= 0.6 is 0 Å². The number of esters is 1. The number of halogens is 2. The van der Waals surface area contributed by atoms with E-state index in [-0.39, 0.29) is 21.7 Å². The number of sulfonamides is 1. The average molecular weight is 474 g/mol. The van der Waals surface area contributed by atoms with Crippen molar-refractivity contribution in [3.8, 4) is 0 Å². The van der Waals surface area contributed by atoms with E-state index in [9.17, 15) is 26.8 Å². The van der Waals surface area contributed by atoms with E-state index in [1.165, 1.54) is 74.5 Å². The van der Waals surface area contributed by atoms with Crippen molar-refractivity contribution in [2.45, 2.75) is 24.8 Å². The maximum atomic E-state index is 13.7. The molecule has 0 heterocycles. The zero-order chi connectivity index (χ0) is 24.2. The van der Waals surface area contributed by atoms with E-state index in [1.54, 1.807) is 0 Å². The fourth-order valence-corrected chi connectivity index (χ4v) is 4.14. The Balaban J connectivity index is 1.63. The quantitative estimate of drug-likeness (QED) is 0.499. The SMILES string of the molecule is Cc1c(F)cccc1S(=O)(=O)Nc1ccc(C(=O)OC(C)C(=O)Nc2ccc(F)cc2)cc1. The molecule has 0 aliphatic carbocycles. The molecule has 3 rings (SSSR count). The van der Waals surface area contributed by atoms with Gasteiger partial charge in [-0.05, 0) is 74.5 Å². The van der Waals surface area contributed by atoms with E-state index in [0.717, 1.165) is 6.07 Å². The third-order valence-electron chi connectivity index (χ3n) is 4.65. The summed E-state index contributed by atoms with van der Waals surface area (Å²) < 4.78 is 59.2. The zero-order valence-corrected chi connectivity index (χ0v) is 18.5. The Bertz CT molecular complexity index is 1280. The molecule has 1 atom stereocenters. The minimum absolute atomic E-state index is 0.0156. The minimum atomic E-state index is -4.04. The summed E-state index contributed by atoms with van der Waals surface area (Å²) in [5.41, 5.74) is 0.561. The van der Waals surface area contributed by atoms with Crippen molar-refractivity contribution in [3.63, 3.8) is 0 Å². The Morgan fingerprint density at radius 1 is 0.909 bits per heavy atom. The van der Waals surface area contributed by atoms with Gasteiger partial charge in [0.1, 0.15) is 11.6 Å². The lowest BCUT2D eigenvalue weighted by Crippen LogP contribution is -2.30. The highest BCUT2D eigenvalue weighted by Crippen LogP contribution is 2.22. The molecule has 1 unspecified atom stereocenters. The monoisotopic (exact) mass is 474 g/mol. The molecule has 0 saturated carbocycles. The highest BCUT2D eigenvalue weighted by molar-refractivity contribution is 7.92. The van der Waals surface area contributed by atoms with E-state index in [0.29, 0.717) is 5.69 Å². The first-order valence-corrected chi connectivity index (χ1v) is 11.2. The second-order valence-electron chi connectivity index (χ2n) is 7.09. The van der Waals surface area contributed by atoms with E-state index in [1.807, 2.05) is 0 Å². The van der Waals surface area contributed by atoms with E-state index in [2.05, 4.69) is 10.0 Å². The number of carbonyl (C=O) groups is 2. The van der Waals surface area contributed by atoms with Crippen LogP contribution in [0.15, 0.2) is 71.6 Å². The first-order valence-electron chi connectivity index (χ1n) is 9.72. The molecule has 0 radical (unpaired) electrons. The maximum absolute atomic E-state index is 13.7. The Hall–Kier alpha value is -3.79. The van der Waals surface area contributed by atoms with Crippen molar-refractivity contribution in [3.05, 3.63) is 89.5 Å². The van der Waals surface area contributed by atoms with Crippen molar-refractivity contribution >= 4 is 33.3 Å². The Kier molecular flexibility index (Phi) is 7.07. The molecule has 7 nitrogen and oxygen atoms in total. The summed E-state index contributed by atoms with van der Waals surface area (Å²) >= 11 is 0. The molecule has 0 aliphatic rings.